The molecule has 1 heterocycles. The molecule has 0 spiro atoms. The normalized spacial score (nSPS) is 21.2. The Morgan fingerprint density at radius 1 is 0.655 bits per heavy atom. The Morgan fingerprint density at radius 2 is 1.09 bits per heavy atom. The zero-order valence-electron chi connectivity index (χ0n) is 35.7. The number of unbranched alkanes of at least 4 members (excludes halogenated alkanes) is 22. The minimum atomic E-state index is -1.47. The van der Waals surface area contributed by atoms with Crippen LogP contribution < -0.4 is 5.32 Å². The molecule has 0 radical (unpaired) electrons. The van der Waals surface area contributed by atoms with E-state index >= 15 is 0 Å². The average Bonchev–Trinajstić information content (AvgIpc) is 3.18. The van der Waals surface area contributed by atoms with Gasteiger partial charge in [-0.25, -0.2) is 0 Å². The van der Waals surface area contributed by atoms with Gasteiger partial charge >= 0.3 is 0 Å². The molecular formula is C45H87NO9. The van der Waals surface area contributed by atoms with Crippen molar-refractivity contribution < 1.29 is 44.9 Å². The van der Waals surface area contributed by atoms with Crippen LogP contribution in [0.1, 0.15) is 201 Å². The second-order valence-electron chi connectivity index (χ2n) is 15.9. The van der Waals surface area contributed by atoms with Crippen molar-refractivity contribution in [1.82, 2.24) is 5.32 Å². The highest BCUT2D eigenvalue weighted by Crippen LogP contribution is 2.26. The Bertz CT molecular complexity index is 911. The van der Waals surface area contributed by atoms with Crippen molar-refractivity contribution in [3.05, 3.63) is 0 Å². The van der Waals surface area contributed by atoms with Gasteiger partial charge in [0.25, 0.3) is 0 Å². The molecule has 1 aliphatic heterocycles. The molecule has 5 unspecified atom stereocenters. The van der Waals surface area contributed by atoms with Gasteiger partial charge in [-0.15, -0.1) is 5.92 Å². The number of nitrogens with one attached hydrogen (secondary N) is 1. The third kappa shape index (κ3) is 28.7. The summed E-state index contributed by atoms with van der Waals surface area (Å²) in [6, 6.07) is -0.758. The molecule has 1 rings (SSSR count). The number of rotatable bonds is 34. The van der Waals surface area contributed by atoms with Crippen molar-refractivity contribution in [2.75, 3.05) is 20.3 Å². The molecule has 1 fully saturated rings. The lowest BCUT2D eigenvalue weighted by Crippen LogP contribution is -2.59. The van der Waals surface area contributed by atoms with Crippen LogP contribution in [-0.2, 0) is 14.3 Å². The van der Waals surface area contributed by atoms with E-state index in [0.29, 0.717) is 19.4 Å². The predicted molar refractivity (Wildman–Crippen MR) is 224 cm³/mol. The first-order chi connectivity index (χ1) is 26.7. The number of aliphatic hydroxyl groups excluding tert-OH is 6. The number of amides is 1. The van der Waals surface area contributed by atoms with Gasteiger partial charge in [0, 0.05) is 13.5 Å². The Balaban J connectivity index is 0.00000447. The van der Waals surface area contributed by atoms with Gasteiger partial charge in [0.2, 0.25) is 5.91 Å². The predicted octanol–water partition coefficient (Wildman–Crippen LogP) is 7.65. The van der Waals surface area contributed by atoms with Gasteiger partial charge in [-0.1, -0.05) is 167 Å². The summed E-state index contributed by atoms with van der Waals surface area (Å²) in [4.78, 5) is 12.9. The van der Waals surface area contributed by atoms with E-state index in [1.807, 2.05) is 0 Å². The van der Waals surface area contributed by atoms with Crippen molar-refractivity contribution in [2.24, 2.45) is 0 Å². The molecule has 0 aromatic carbocycles. The first kappa shape index (κ1) is 53.7. The minimum absolute atomic E-state index is 0.157. The zero-order valence-corrected chi connectivity index (χ0v) is 35.7. The molecule has 1 saturated heterocycles. The molecule has 10 nitrogen and oxygen atoms in total. The summed E-state index contributed by atoms with van der Waals surface area (Å²) in [5.41, 5.74) is 0. The Morgan fingerprint density at radius 3 is 1.51 bits per heavy atom. The Hall–Kier alpha value is -1.29. The van der Waals surface area contributed by atoms with Gasteiger partial charge in [-0.2, -0.15) is 0 Å². The largest absolute Gasteiger partial charge is 0.394 e. The summed E-state index contributed by atoms with van der Waals surface area (Å²) in [5, 5.41) is 64.6. The van der Waals surface area contributed by atoms with E-state index in [0.717, 1.165) is 38.5 Å². The minimum Gasteiger partial charge on any atom is -0.394 e. The number of carbonyl (C=O) groups excluding carboxylic acids is 1. The summed E-state index contributed by atoms with van der Waals surface area (Å²) >= 11 is 0. The van der Waals surface area contributed by atoms with E-state index < -0.39 is 55.4 Å². The molecular weight excluding hydrogens is 698 g/mol. The van der Waals surface area contributed by atoms with Crippen molar-refractivity contribution >= 4 is 5.91 Å². The van der Waals surface area contributed by atoms with Gasteiger partial charge in [0.1, 0.15) is 31.0 Å². The van der Waals surface area contributed by atoms with Crippen LogP contribution in [0.15, 0.2) is 0 Å². The number of methoxy groups -OCH3 is 1. The molecule has 0 aromatic heterocycles. The molecule has 10 heteroatoms. The summed E-state index contributed by atoms with van der Waals surface area (Å²) in [6.45, 7) is 6.17. The summed E-state index contributed by atoms with van der Waals surface area (Å²) in [7, 11) is 1.63. The second-order valence-corrected chi connectivity index (χ2v) is 15.9. The van der Waals surface area contributed by atoms with E-state index in [-0.39, 0.29) is 18.7 Å². The molecule has 0 saturated carbocycles. The maximum atomic E-state index is 12.9. The molecule has 326 valence electrons. The second kappa shape index (κ2) is 38.2. The van der Waals surface area contributed by atoms with Crippen molar-refractivity contribution in [3.8, 4) is 11.8 Å². The number of hydrogen-bond acceptors (Lipinski definition) is 9. The van der Waals surface area contributed by atoms with Crippen LogP contribution in [0, 0.1) is 11.8 Å². The number of ether oxygens (including phenoxy) is 2. The zero-order chi connectivity index (χ0) is 40.9. The Labute approximate surface area is 336 Å². The lowest BCUT2D eigenvalue weighted by molar-refractivity contribution is -0.231. The van der Waals surface area contributed by atoms with Crippen molar-refractivity contribution in [2.45, 2.75) is 249 Å². The first-order valence-electron chi connectivity index (χ1n) is 22.5. The van der Waals surface area contributed by atoms with Crippen molar-refractivity contribution in [1.29, 1.82) is 0 Å². The maximum Gasteiger partial charge on any atom is 0.220 e. The van der Waals surface area contributed by atoms with E-state index in [1.165, 1.54) is 116 Å². The summed E-state index contributed by atoms with van der Waals surface area (Å²) in [5.74, 6) is 5.24. The van der Waals surface area contributed by atoms with Crippen LogP contribution >= 0.6 is 0 Å². The molecule has 8 atom stereocenters. The quantitative estimate of drug-likeness (QED) is 0.0256. The first-order valence-corrected chi connectivity index (χ1v) is 22.5. The van der Waals surface area contributed by atoms with Crippen LogP contribution in [0.2, 0.25) is 0 Å². The lowest BCUT2D eigenvalue weighted by atomic mass is 9.90. The van der Waals surface area contributed by atoms with Crippen LogP contribution in [0.4, 0.5) is 0 Å². The lowest BCUT2D eigenvalue weighted by Gasteiger charge is -2.40. The third-order valence-corrected chi connectivity index (χ3v) is 10.9. The molecule has 1 amide bonds. The highest BCUT2D eigenvalue weighted by molar-refractivity contribution is 5.76. The topological polar surface area (TPSA) is 169 Å². The van der Waals surface area contributed by atoms with E-state index in [1.54, 1.807) is 14.0 Å². The van der Waals surface area contributed by atoms with Crippen LogP contribution in [-0.4, -0.2) is 106 Å². The summed E-state index contributed by atoms with van der Waals surface area (Å²) < 4.78 is 10.2. The van der Waals surface area contributed by atoms with Gasteiger partial charge in [-0.3, -0.25) is 4.79 Å². The molecule has 0 aliphatic carbocycles. The van der Waals surface area contributed by atoms with Crippen molar-refractivity contribution in [3.63, 3.8) is 0 Å². The fraction of sp³-hybridized carbons (Fsp3) is 0.933. The Kier molecular flexibility index (Phi) is 37.3. The van der Waals surface area contributed by atoms with Gasteiger partial charge in [-0.05, 0) is 32.6 Å². The van der Waals surface area contributed by atoms with E-state index in [9.17, 15) is 35.4 Å². The highest BCUT2D eigenvalue weighted by atomic mass is 16.5. The number of carbonyl (C=O) groups is 1. The van der Waals surface area contributed by atoms with Gasteiger partial charge in [0.05, 0.1) is 31.0 Å². The van der Waals surface area contributed by atoms with E-state index in [4.69, 9.17) is 4.74 Å². The smallest absolute Gasteiger partial charge is 0.220 e. The van der Waals surface area contributed by atoms with Crippen LogP contribution in [0.5, 0.6) is 0 Å². The SMILES string of the molecule is CC#CCOC.CCCCCCCCCCCCCCCCCCCCCCCC(=O)N[C@@H](CCC1OC(CO)C(O)C(O)C1O)[C@H](O)[C@H](O)CCCCC. The monoisotopic (exact) mass is 786 g/mol. The van der Waals surface area contributed by atoms with Gasteiger partial charge in [0.15, 0.2) is 0 Å². The maximum absolute atomic E-state index is 12.9. The summed E-state index contributed by atoms with van der Waals surface area (Å²) in [6.07, 6.45) is 22.8. The molecule has 7 N–H and O–H groups in total. The number of hydrogen-bond donors (Lipinski definition) is 7. The fourth-order valence-corrected chi connectivity index (χ4v) is 7.27. The van der Waals surface area contributed by atoms with E-state index in [2.05, 4.69) is 35.7 Å². The highest BCUT2D eigenvalue weighted by Gasteiger charge is 2.43. The average molecular weight is 786 g/mol. The third-order valence-electron chi connectivity index (χ3n) is 10.9. The molecule has 0 bridgehead atoms. The number of aliphatic hydroxyl groups is 6. The molecule has 1 aliphatic rings. The standard InChI is InChI=1S/C40H79NO8.C5H8O/c1-3-5-7-8-9-10-11-12-13-14-15-16-17-18-19-20-21-22-23-24-26-28-36(44)41-32(37(45)33(43)27-25-6-4-2)29-30-34-38(46)40(48)39(47)35(31-42)49-34;1-3-4-5-6-2/h32-35,37-40,42-43,45-48H,3-31H2,1-2H3,(H,41,44);5H2,1-2H3/t32-,33+,34?,35?,37-,38?,39?,40?;/m0./s1. The van der Waals surface area contributed by atoms with Gasteiger partial charge < -0.3 is 45.4 Å². The van der Waals surface area contributed by atoms with Crippen LogP contribution in [0.25, 0.3) is 0 Å². The fourth-order valence-electron chi connectivity index (χ4n) is 7.27. The molecule has 0 aromatic rings. The molecule has 55 heavy (non-hydrogen) atoms. The van der Waals surface area contributed by atoms with Crippen LogP contribution in [0.3, 0.4) is 0 Å².